The van der Waals surface area contributed by atoms with Gasteiger partial charge < -0.3 is 10.6 Å². The molecular weight excluding hydrogens is 270 g/mol. The van der Waals surface area contributed by atoms with Crippen molar-refractivity contribution in [3.63, 3.8) is 0 Å². The lowest BCUT2D eigenvalue weighted by molar-refractivity contribution is -0.385. The number of amides is 1. The average Bonchev–Trinajstić information content (AvgIpc) is 2.42. The van der Waals surface area contributed by atoms with Crippen molar-refractivity contribution in [1.82, 2.24) is 5.32 Å². The summed E-state index contributed by atoms with van der Waals surface area (Å²) >= 11 is 0. The number of piperidine rings is 1. The lowest BCUT2D eigenvalue weighted by atomic mass is 9.80. The molecule has 1 aliphatic heterocycles. The van der Waals surface area contributed by atoms with Crippen LogP contribution >= 0.6 is 0 Å². The van der Waals surface area contributed by atoms with Crippen molar-refractivity contribution in [2.45, 2.75) is 33.6 Å². The number of nitrogens with one attached hydrogen (secondary N) is 2. The monoisotopic (exact) mass is 291 g/mol. The predicted octanol–water partition coefficient (Wildman–Crippen LogP) is 2.54. The predicted molar refractivity (Wildman–Crippen MR) is 81.4 cm³/mol. The van der Waals surface area contributed by atoms with Gasteiger partial charge in [0.2, 0.25) is 5.91 Å². The first kappa shape index (κ1) is 15.4. The van der Waals surface area contributed by atoms with E-state index in [1.165, 1.54) is 6.07 Å². The van der Waals surface area contributed by atoms with Crippen LogP contribution in [0, 0.1) is 29.4 Å². The van der Waals surface area contributed by atoms with Crippen LogP contribution in [0.25, 0.3) is 0 Å². The second-order valence-corrected chi connectivity index (χ2v) is 5.98. The van der Waals surface area contributed by atoms with Crippen LogP contribution in [0.5, 0.6) is 0 Å². The Bertz CT molecular complexity index is 578. The molecule has 2 N–H and O–H groups in total. The van der Waals surface area contributed by atoms with Crippen molar-refractivity contribution in [2.24, 2.45) is 5.41 Å². The topological polar surface area (TPSA) is 84.3 Å². The van der Waals surface area contributed by atoms with Crippen LogP contribution in [-0.2, 0) is 4.79 Å². The van der Waals surface area contributed by atoms with E-state index in [0.29, 0.717) is 11.3 Å². The molecule has 1 aromatic carbocycles. The van der Waals surface area contributed by atoms with E-state index in [2.05, 4.69) is 10.6 Å². The normalized spacial score (nSPS) is 17.3. The van der Waals surface area contributed by atoms with Crippen LogP contribution in [0.15, 0.2) is 12.1 Å². The van der Waals surface area contributed by atoms with Crippen molar-refractivity contribution in [1.29, 1.82) is 0 Å². The Morgan fingerprint density at radius 2 is 1.90 bits per heavy atom. The molecule has 6 heteroatoms. The first-order valence-electron chi connectivity index (χ1n) is 7.11. The summed E-state index contributed by atoms with van der Waals surface area (Å²) in [7, 11) is 0. The van der Waals surface area contributed by atoms with Gasteiger partial charge in [-0.1, -0.05) is 6.92 Å². The number of rotatable bonds is 3. The van der Waals surface area contributed by atoms with Crippen molar-refractivity contribution < 1.29 is 9.72 Å². The molecule has 1 aromatic rings. The van der Waals surface area contributed by atoms with Gasteiger partial charge in [-0.3, -0.25) is 14.9 Å². The summed E-state index contributed by atoms with van der Waals surface area (Å²) in [4.78, 5) is 23.1. The number of anilines is 1. The summed E-state index contributed by atoms with van der Waals surface area (Å²) in [5.41, 5.74) is 1.58. The molecule has 0 atom stereocenters. The summed E-state index contributed by atoms with van der Waals surface area (Å²) in [5.74, 6) is -0.0646. The smallest absolute Gasteiger partial charge is 0.274 e. The first-order valence-corrected chi connectivity index (χ1v) is 7.11. The lowest BCUT2D eigenvalue weighted by Crippen LogP contribution is -2.42. The van der Waals surface area contributed by atoms with Crippen molar-refractivity contribution in [3.8, 4) is 0 Å². The fraction of sp³-hybridized carbons (Fsp3) is 0.533. The minimum Gasteiger partial charge on any atom is -0.325 e. The Morgan fingerprint density at radius 3 is 2.48 bits per heavy atom. The fourth-order valence-corrected chi connectivity index (χ4v) is 2.65. The van der Waals surface area contributed by atoms with Gasteiger partial charge in [-0.15, -0.1) is 0 Å². The van der Waals surface area contributed by atoms with E-state index in [9.17, 15) is 14.9 Å². The number of nitro groups is 1. The maximum atomic E-state index is 12.5. The van der Waals surface area contributed by atoms with Crippen molar-refractivity contribution >= 4 is 17.3 Å². The minimum atomic E-state index is -0.420. The van der Waals surface area contributed by atoms with E-state index in [0.717, 1.165) is 31.5 Å². The van der Waals surface area contributed by atoms with E-state index in [4.69, 9.17) is 0 Å². The van der Waals surface area contributed by atoms with Crippen LogP contribution in [0.1, 0.15) is 30.9 Å². The highest BCUT2D eigenvalue weighted by molar-refractivity contribution is 5.96. The van der Waals surface area contributed by atoms with Gasteiger partial charge in [0.1, 0.15) is 0 Å². The molecule has 1 aliphatic rings. The molecule has 1 fully saturated rings. The Labute approximate surface area is 124 Å². The van der Waals surface area contributed by atoms with Gasteiger partial charge in [0.15, 0.2) is 0 Å². The van der Waals surface area contributed by atoms with Crippen LogP contribution in [0.2, 0.25) is 0 Å². The highest BCUT2D eigenvalue weighted by Gasteiger charge is 2.34. The van der Waals surface area contributed by atoms with Crippen LogP contribution in [-0.4, -0.2) is 23.9 Å². The Kier molecular flexibility index (Phi) is 4.27. The van der Waals surface area contributed by atoms with Gasteiger partial charge in [-0.25, -0.2) is 0 Å². The zero-order valence-corrected chi connectivity index (χ0v) is 12.7. The molecule has 0 aliphatic carbocycles. The fourth-order valence-electron chi connectivity index (χ4n) is 2.65. The molecule has 0 bridgehead atoms. The van der Waals surface area contributed by atoms with E-state index in [-0.39, 0.29) is 11.6 Å². The Balaban J connectivity index is 2.24. The number of benzene rings is 1. The maximum Gasteiger partial charge on any atom is 0.274 e. The third-order valence-corrected chi connectivity index (χ3v) is 4.24. The molecule has 2 rings (SSSR count). The van der Waals surface area contributed by atoms with Gasteiger partial charge in [-0.2, -0.15) is 0 Å². The quantitative estimate of drug-likeness (QED) is 0.662. The van der Waals surface area contributed by atoms with E-state index >= 15 is 0 Å². The SMILES string of the molecule is Cc1cc(C)c([N+](=O)[O-])cc1NC(=O)C1(C)CCNCC1. The molecule has 0 saturated carbocycles. The second kappa shape index (κ2) is 5.81. The number of nitrogens with zero attached hydrogens (tertiary/aromatic N) is 1. The summed E-state index contributed by atoms with van der Waals surface area (Å²) in [6.45, 7) is 7.12. The standard InChI is InChI=1S/C15H21N3O3/c1-10-8-11(2)13(18(20)21)9-12(10)17-14(19)15(3)4-6-16-7-5-15/h8-9,16H,4-7H2,1-3H3,(H,17,19). The Morgan fingerprint density at radius 1 is 1.29 bits per heavy atom. The molecule has 21 heavy (non-hydrogen) atoms. The highest BCUT2D eigenvalue weighted by Crippen LogP contribution is 2.32. The average molecular weight is 291 g/mol. The van der Waals surface area contributed by atoms with Gasteiger partial charge in [0.05, 0.1) is 10.6 Å². The maximum absolute atomic E-state index is 12.5. The molecule has 1 saturated heterocycles. The summed E-state index contributed by atoms with van der Waals surface area (Å²) in [6, 6.07) is 3.19. The molecule has 1 amide bonds. The van der Waals surface area contributed by atoms with Crippen LogP contribution in [0.3, 0.4) is 0 Å². The van der Waals surface area contributed by atoms with Crippen LogP contribution < -0.4 is 10.6 Å². The summed E-state index contributed by atoms with van der Waals surface area (Å²) in [5, 5.41) is 17.1. The summed E-state index contributed by atoms with van der Waals surface area (Å²) in [6.07, 6.45) is 1.54. The third-order valence-electron chi connectivity index (χ3n) is 4.24. The number of aryl methyl sites for hydroxylation is 2. The number of hydrogen-bond donors (Lipinski definition) is 2. The number of carbonyl (C=O) groups excluding carboxylic acids is 1. The largest absolute Gasteiger partial charge is 0.325 e. The zero-order chi connectivity index (χ0) is 15.6. The Hall–Kier alpha value is -1.95. The highest BCUT2D eigenvalue weighted by atomic mass is 16.6. The minimum absolute atomic E-state index is 0.0337. The molecule has 0 spiro atoms. The van der Waals surface area contributed by atoms with Crippen molar-refractivity contribution in [3.05, 3.63) is 33.4 Å². The van der Waals surface area contributed by atoms with E-state index in [1.807, 2.05) is 13.8 Å². The molecule has 0 unspecified atom stereocenters. The summed E-state index contributed by atoms with van der Waals surface area (Å²) < 4.78 is 0. The number of nitro benzene ring substituents is 1. The molecule has 1 heterocycles. The molecule has 114 valence electrons. The van der Waals surface area contributed by atoms with E-state index in [1.54, 1.807) is 13.0 Å². The first-order chi connectivity index (χ1) is 9.83. The number of hydrogen-bond acceptors (Lipinski definition) is 4. The zero-order valence-electron chi connectivity index (χ0n) is 12.7. The molecule has 6 nitrogen and oxygen atoms in total. The van der Waals surface area contributed by atoms with Gasteiger partial charge in [0, 0.05) is 17.0 Å². The third kappa shape index (κ3) is 3.21. The van der Waals surface area contributed by atoms with Crippen LogP contribution in [0.4, 0.5) is 11.4 Å². The second-order valence-electron chi connectivity index (χ2n) is 5.98. The van der Waals surface area contributed by atoms with Gasteiger partial charge in [-0.05, 0) is 51.4 Å². The van der Waals surface area contributed by atoms with E-state index < -0.39 is 10.3 Å². The molecular formula is C15H21N3O3. The molecule has 0 aromatic heterocycles. The van der Waals surface area contributed by atoms with Gasteiger partial charge >= 0.3 is 0 Å². The molecule has 0 radical (unpaired) electrons. The number of carbonyl (C=O) groups is 1. The lowest BCUT2D eigenvalue weighted by Gasteiger charge is -2.32. The van der Waals surface area contributed by atoms with Gasteiger partial charge in [0.25, 0.3) is 5.69 Å². The van der Waals surface area contributed by atoms with Crippen molar-refractivity contribution in [2.75, 3.05) is 18.4 Å².